The third-order valence-electron chi connectivity index (χ3n) is 8.25. The summed E-state index contributed by atoms with van der Waals surface area (Å²) in [6.07, 6.45) is 11.7. The number of amides is 1. The highest BCUT2D eigenvalue weighted by molar-refractivity contribution is 5.98. The molecule has 1 aromatic carbocycles. The molecule has 0 atom stereocenters. The molecule has 1 aromatic heterocycles. The van der Waals surface area contributed by atoms with Crippen LogP contribution in [0.15, 0.2) is 30.5 Å². The quantitative estimate of drug-likeness (QED) is 0.546. The summed E-state index contributed by atoms with van der Waals surface area (Å²) in [6, 6.07) is 8.81. The highest BCUT2D eigenvalue weighted by Gasteiger charge is 2.33. The van der Waals surface area contributed by atoms with Crippen LogP contribution in [0.3, 0.4) is 0 Å². The second-order valence-electron chi connectivity index (χ2n) is 10.7. The van der Waals surface area contributed by atoms with Gasteiger partial charge in [0.15, 0.2) is 0 Å². The van der Waals surface area contributed by atoms with E-state index in [-0.39, 0.29) is 11.8 Å². The zero-order valence-corrected chi connectivity index (χ0v) is 21.1. The van der Waals surface area contributed by atoms with E-state index >= 15 is 0 Å². The molecule has 0 bridgehead atoms. The van der Waals surface area contributed by atoms with Crippen molar-refractivity contribution in [2.75, 3.05) is 36.5 Å². The summed E-state index contributed by atoms with van der Waals surface area (Å²) in [5, 5.41) is 3.37. The SMILES string of the molecule is CNC1CCN(c2ccc(-c3cc(C=O)c(C)c(N(CC4CC4)C(=O)C4CCCC4)c3)cn2)CC1. The monoisotopic (exact) mass is 474 g/mol. The number of rotatable bonds is 8. The van der Waals surface area contributed by atoms with E-state index in [4.69, 9.17) is 4.98 Å². The first-order chi connectivity index (χ1) is 17.1. The van der Waals surface area contributed by atoms with E-state index in [1.807, 2.05) is 31.1 Å². The Labute approximate surface area is 209 Å². The summed E-state index contributed by atoms with van der Waals surface area (Å²) in [5.41, 5.74) is 4.36. The number of aldehydes is 1. The lowest BCUT2D eigenvalue weighted by Crippen LogP contribution is -2.41. The molecular formula is C29H38N4O2. The first-order valence-corrected chi connectivity index (χ1v) is 13.4. The Morgan fingerprint density at radius 2 is 1.83 bits per heavy atom. The average molecular weight is 475 g/mol. The number of aromatic nitrogens is 1. The maximum absolute atomic E-state index is 13.6. The Hall–Kier alpha value is -2.73. The van der Waals surface area contributed by atoms with Crippen molar-refractivity contribution in [3.8, 4) is 11.1 Å². The van der Waals surface area contributed by atoms with Crippen molar-refractivity contribution >= 4 is 23.7 Å². The number of piperidine rings is 1. The van der Waals surface area contributed by atoms with Crippen LogP contribution in [0.2, 0.25) is 0 Å². The van der Waals surface area contributed by atoms with Crippen LogP contribution < -0.4 is 15.1 Å². The maximum Gasteiger partial charge on any atom is 0.230 e. The van der Waals surface area contributed by atoms with Gasteiger partial charge < -0.3 is 15.1 Å². The maximum atomic E-state index is 13.6. The van der Waals surface area contributed by atoms with Gasteiger partial charge in [0.25, 0.3) is 0 Å². The van der Waals surface area contributed by atoms with Crippen molar-refractivity contribution in [1.82, 2.24) is 10.3 Å². The molecule has 2 aliphatic carbocycles. The first-order valence-electron chi connectivity index (χ1n) is 13.4. The van der Waals surface area contributed by atoms with Crippen molar-refractivity contribution in [2.45, 2.75) is 64.3 Å². The smallest absolute Gasteiger partial charge is 0.230 e. The second kappa shape index (κ2) is 10.5. The molecule has 0 unspecified atom stereocenters. The van der Waals surface area contributed by atoms with E-state index in [0.717, 1.165) is 92.6 Å². The molecule has 5 rings (SSSR count). The molecule has 3 aliphatic rings. The summed E-state index contributed by atoms with van der Waals surface area (Å²) in [6.45, 7) is 4.74. The molecule has 6 heteroatoms. The fourth-order valence-corrected chi connectivity index (χ4v) is 5.69. The van der Waals surface area contributed by atoms with E-state index in [1.165, 1.54) is 12.8 Å². The van der Waals surface area contributed by atoms with Crippen LogP contribution in [0.5, 0.6) is 0 Å². The highest BCUT2D eigenvalue weighted by Crippen LogP contribution is 2.38. The van der Waals surface area contributed by atoms with Gasteiger partial charge in [0.2, 0.25) is 5.91 Å². The number of nitrogens with zero attached hydrogens (tertiary/aromatic N) is 3. The summed E-state index contributed by atoms with van der Waals surface area (Å²) in [5.74, 6) is 1.93. The average Bonchev–Trinajstić information content (AvgIpc) is 3.56. The van der Waals surface area contributed by atoms with Gasteiger partial charge in [0.05, 0.1) is 0 Å². The Bertz CT molecular complexity index is 1050. The van der Waals surface area contributed by atoms with Crippen LogP contribution in [0.25, 0.3) is 11.1 Å². The zero-order valence-electron chi connectivity index (χ0n) is 21.1. The summed E-state index contributed by atoms with van der Waals surface area (Å²) < 4.78 is 0. The van der Waals surface area contributed by atoms with Crippen LogP contribution in [-0.4, -0.2) is 49.9 Å². The Morgan fingerprint density at radius 1 is 1.09 bits per heavy atom. The van der Waals surface area contributed by atoms with Gasteiger partial charge in [-0.1, -0.05) is 12.8 Å². The molecule has 1 N–H and O–H groups in total. The minimum Gasteiger partial charge on any atom is -0.357 e. The molecule has 2 saturated carbocycles. The number of nitrogens with one attached hydrogen (secondary N) is 1. The Kier molecular flexibility index (Phi) is 7.19. The van der Waals surface area contributed by atoms with Crippen LogP contribution >= 0.6 is 0 Å². The number of hydrogen-bond donors (Lipinski definition) is 1. The minimum atomic E-state index is 0.115. The van der Waals surface area contributed by atoms with E-state index in [9.17, 15) is 9.59 Å². The highest BCUT2D eigenvalue weighted by atomic mass is 16.2. The van der Waals surface area contributed by atoms with Crippen LogP contribution in [0.4, 0.5) is 11.5 Å². The van der Waals surface area contributed by atoms with Crippen molar-refractivity contribution in [1.29, 1.82) is 0 Å². The molecule has 1 aliphatic heterocycles. The molecule has 35 heavy (non-hydrogen) atoms. The fraction of sp³-hybridized carbons (Fsp3) is 0.552. The molecule has 6 nitrogen and oxygen atoms in total. The van der Waals surface area contributed by atoms with Gasteiger partial charge in [0.1, 0.15) is 12.1 Å². The lowest BCUT2D eigenvalue weighted by molar-refractivity contribution is -0.122. The Balaban J connectivity index is 1.43. The lowest BCUT2D eigenvalue weighted by Gasteiger charge is -2.32. The number of pyridine rings is 1. The molecule has 0 spiro atoms. The molecule has 2 heterocycles. The zero-order chi connectivity index (χ0) is 24.4. The molecule has 1 saturated heterocycles. The Morgan fingerprint density at radius 3 is 2.43 bits per heavy atom. The fourth-order valence-electron chi connectivity index (χ4n) is 5.69. The van der Waals surface area contributed by atoms with Crippen LogP contribution in [0.1, 0.15) is 67.3 Å². The number of anilines is 2. The van der Waals surface area contributed by atoms with Crippen molar-refractivity contribution in [3.63, 3.8) is 0 Å². The van der Waals surface area contributed by atoms with E-state index in [2.05, 4.69) is 28.4 Å². The second-order valence-corrected chi connectivity index (χ2v) is 10.7. The largest absolute Gasteiger partial charge is 0.357 e. The van der Waals surface area contributed by atoms with Gasteiger partial charge in [-0.15, -0.1) is 0 Å². The van der Waals surface area contributed by atoms with Crippen molar-refractivity contribution in [2.24, 2.45) is 11.8 Å². The minimum absolute atomic E-state index is 0.115. The summed E-state index contributed by atoms with van der Waals surface area (Å²) in [7, 11) is 2.03. The molecular weight excluding hydrogens is 436 g/mol. The van der Waals surface area contributed by atoms with Crippen molar-refractivity contribution < 1.29 is 9.59 Å². The summed E-state index contributed by atoms with van der Waals surface area (Å²) in [4.78, 5) is 34.7. The van der Waals surface area contributed by atoms with E-state index in [1.54, 1.807) is 0 Å². The number of benzene rings is 1. The lowest BCUT2D eigenvalue weighted by atomic mass is 9.97. The predicted octanol–water partition coefficient (Wildman–Crippen LogP) is 4.99. The molecule has 2 aromatic rings. The molecule has 3 fully saturated rings. The predicted molar refractivity (Wildman–Crippen MR) is 141 cm³/mol. The van der Waals surface area contributed by atoms with Gasteiger partial charge in [-0.25, -0.2) is 4.98 Å². The van der Waals surface area contributed by atoms with Gasteiger partial charge in [-0.05, 0) is 93.8 Å². The number of carbonyl (C=O) groups excluding carboxylic acids is 2. The van der Waals surface area contributed by atoms with Crippen molar-refractivity contribution in [3.05, 3.63) is 41.6 Å². The number of hydrogen-bond acceptors (Lipinski definition) is 5. The number of carbonyl (C=O) groups is 2. The van der Waals surface area contributed by atoms with Gasteiger partial charge in [-0.3, -0.25) is 9.59 Å². The topological polar surface area (TPSA) is 65.5 Å². The van der Waals surface area contributed by atoms with E-state index < -0.39 is 0 Å². The summed E-state index contributed by atoms with van der Waals surface area (Å²) >= 11 is 0. The third kappa shape index (κ3) is 5.27. The first kappa shape index (κ1) is 24.0. The van der Waals surface area contributed by atoms with Gasteiger partial charge >= 0.3 is 0 Å². The molecule has 0 radical (unpaired) electrons. The van der Waals surface area contributed by atoms with Gasteiger partial charge in [0, 0.05) is 54.6 Å². The normalized spacial score (nSPS) is 19.2. The van der Waals surface area contributed by atoms with Gasteiger partial charge in [-0.2, -0.15) is 0 Å². The molecule has 186 valence electrons. The third-order valence-corrected chi connectivity index (χ3v) is 8.25. The standard InChI is InChI=1S/C29H38N4O2/c1-20-25(19-34)15-24(23-9-10-28(31-17-23)32-13-11-26(30-2)12-14-32)16-27(20)33(18-21-7-8-21)29(35)22-5-3-4-6-22/h9-10,15-17,19,21-22,26,30H,3-8,11-14,18H2,1-2H3. The van der Waals surface area contributed by atoms with Crippen LogP contribution in [0, 0.1) is 18.8 Å². The van der Waals surface area contributed by atoms with Crippen LogP contribution in [-0.2, 0) is 4.79 Å². The van der Waals surface area contributed by atoms with E-state index in [0.29, 0.717) is 17.5 Å². The molecule has 1 amide bonds.